The van der Waals surface area contributed by atoms with Crippen molar-refractivity contribution in [1.82, 2.24) is 0 Å². The maximum Gasteiger partial charge on any atom is 3.00 e. The van der Waals surface area contributed by atoms with Gasteiger partial charge in [-0.2, -0.15) is 0 Å². The van der Waals surface area contributed by atoms with Crippen LogP contribution in [-0.2, 0) is 110 Å². The number of hydrogen-bond donors (Lipinski definition) is 0. The van der Waals surface area contributed by atoms with Crippen molar-refractivity contribution >= 4 is 75.8 Å². The van der Waals surface area contributed by atoms with Crippen LogP contribution in [0.3, 0.4) is 0 Å². The van der Waals surface area contributed by atoms with Crippen LogP contribution in [0.4, 0.5) is 0 Å². The van der Waals surface area contributed by atoms with E-state index in [1.165, 1.54) is 32.4 Å². The minimum atomic E-state index is 0. The van der Waals surface area contributed by atoms with E-state index in [4.69, 9.17) is 31.6 Å². The van der Waals surface area contributed by atoms with Crippen LogP contribution in [0.5, 0.6) is 0 Å². The van der Waals surface area contributed by atoms with Gasteiger partial charge in [0.15, 0.2) is 0 Å². The van der Waals surface area contributed by atoms with Crippen molar-refractivity contribution in [2.24, 2.45) is 0 Å². The Balaban J connectivity index is -0.0000000141. The van der Waals surface area contributed by atoms with E-state index in [1.54, 1.807) is 0 Å². The van der Waals surface area contributed by atoms with Crippen molar-refractivity contribution in [3.05, 3.63) is 0 Å². The summed E-state index contributed by atoms with van der Waals surface area (Å²) in [5.74, 6) is 0. The van der Waals surface area contributed by atoms with Gasteiger partial charge in [-0.15, -0.1) is 0 Å². The summed E-state index contributed by atoms with van der Waals surface area (Å²) < 4.78 is 0. The second kappa shape index (κ2) is 194. The fourth-order valence-corrected chi connectivity index (χ4v) is 0. The molecule has 0 atom stereocenters. The Bertz CT molecular complexity index is 260. The van der Waals surface area contributed by atoms with Crippen LogP contribution in [0, 0.1) is 64.0 Å². The molecule has 0 unspecified atom stereocenters. The minimum absolute atomic E-state index is 0. The summed E-state index contributed by atoms with van der Waals surface area (Å²) >= 11 is 22.2. The molecule has 20 heavy (non-hydrogen) atoms. The number of rotatable bonds is 0. The first-order valence-corrected chi connectivity index (χ1v) is 5.02. The van der Waals surface area contributed by atoms with E-state index in [9.17, 15) is 0 Å². The topological polar surface area (TPSA) is 143 Å². The molecule has 0 rings (SSSR count). The summed E-state index contributed by atoms with van der Waals surface area (Å²) in [6.07, 6.45) is 0. The molecule has 0 saturated heterocycles. The van der Waals surface area contributed by atoms with Crippen LogP contribution in [0.1, 0.15) is 0 Å². The Morgan fingerprint density at radius 1 is 0.350 bits per heavy atom. The average molecular weight is 453 g/mol. The van der Waals surface area contributed by atoms with Gasteiger partial charge in [-0.1, -0.05) is 32.4 Å². The van der Waals surface area contributed by atoms with Crippen molar-refractivity contribution in [2.45, 2.75) is 0 Å². The van der Waals surface area contributed by atoms with Gasteiger partial charge in [-0.25, -0.2) is 31.6 Å². The predicted octanol–water partition coefficient (Wildman–Crippen LogP) is 0.0813. The van der Waals surface area contributed by atoms with Gasteiger partial charge in [-0.3, -0.25) is 0 Å². The molecule has 0 saturated carbocycles. The summed E-state index contributed by atoms with van der Waals surface area (Å²) in [5.41, 5.74) is 0. The molecule has 0 aliphatic rings. The van der Waals surface area contributed by atoms with Crippen molar-refractivity contribution in [3.8, 4) is 32.4 Å². The smallest absolute Gasteiger partial charge is 0.696 e. The van der Waals surface area contributed by atoms with Crippen molar-refractivity contribution in [3.63, 3.8) is 0 Å². The maximum absolute atomic E-state index is 7.13. The Morgan fingerprint density at radius 3 is 0.350 bits per heavy atom. The van der Waals surface area contributed by atoms with Gasteiger partial charge in [0, 0.05) is 0 Å². The summed E-state index contributed by atoms with van der Waals surface area (Å²) in [5, 5.41) is 50.8. The van der Waals surface area contributed by atoms with Crippen molar-refractivity contribution < 1.29 is 34.7 Å². The van der Waals surface area contributed by atoms with E-state index in [-0.39, 0.29) is 34.7 Å². The molecule has 0 N–H and O–H groups in total. The van der Waals surface area contributed by atoms with Crippen LogP contribution in [0.25, 0.3) is 0 Å². The Morgan fingerprint density at radius 2 is 0.350 bits per heavy atom. The number of thiocyanates is 6. The van der Waals surface area contributed by atoms with Crippen molar-refractivity contribution in [1.29, 1.82) is 31.6 Å². The SMILES string of the molecule is N#C[S-].N#C[S-].N#C[S-].N#C[S-].N#C[S-].N#C[S-].[Cr+3].[Cr+3]. The largest absolute Gasteiger partial charge is 3.00 e. The van der Waals surface area contributed by atoms with Gasteiger partial charge in [-0.05, 0) is 0 Å². The molecule has 0 aliphatic heterocycles. The molecule has 0 spiro atoms. The second-order valence-electron chi connectivity index (χ2n) is 0.548. The van der Waals surface area contributed by atoms with Gasteiger partial charge in [0.2, 0.25) is 0 Å². The Labute approximate surface area is 173 Å². The summed E-state index contributed by atoms with van der Waals surface area (Å²) in [7, 11) is 0. The Hall–Kier alpha value is -0.675. The fourth-order valence-electron chi connectivity index (χ4n) is 0. The van der Waals surface area contributed by atoms with Gasteiger partial charge < -0.3 is 75.8 Å². The Kier molecular flexibility index (Phi) is 491. The first-order chi connectivity index (χ1) is 8.49. The second-order valence-corrected chi connectivity index (χ2v) is 1.64. The van der Waals surface area contributed by atoms with E-state index >= 15 is 0 Å². The zero-order valence-corrected chi connectivity index (χ0v) is 16.4. The molecule has 0 fully saturated rings. The molecule has 0 aromatic heterocycles. The molecule has 14 heteroatoms. The van der Waals surface area contributed by atoms with Gasteiger partial charge in [0.05, 0.1) is 0 Å². The molecular formula is C6Cr2N6S6. The van der Waals surface area contributed by atoms with Crippen LogP contribution in [0.2, 0.25) is 0 Å². The van der Waals surface area contributed by atoms with Crippen LogP contribution >= 0.6 is 0 Å². The molecular weight excluding hydrogens is 453 g/mol. The molecule has 0 aromatic carbocycles. The van der Waals surface area contributed by atoms with Gasteiger partial charge in [0.1, 0.15) is 0 Å². The maximum atomic E-state index is 7.13. The molecule has 0 aliphatic carbocycles. The van der Waals surface area contributed by atoms with Crippen LogP contribution < -0.4 is 0 Å². The molecule has 0 heterocycles. The molecule has 2 radical (unpaired) electrons. The molecule has 0 bridgehead atoms. The van der Waals surface area contributed by atoms with Crippen LogP contribution in [0.15, 0.2) is 0 Å². The summed E-state index contributed by atoms with van der Waals surface area (Å²) in [4.78, 5) is 0. The zero-order valence-electron chi connectivity index (χ0n) is 8.95. The first-order valence-electron chi connectivity index (χ1n) is 2.57. The third-order valence-electron chi connectivity index (χ3n) is 0. The first kappa shape index (κ1) is 50.6. The molecule has 6 nitrogen and oxygen atoms in total. The monoisotopic (exact) mass is 452 g/mol. The van der Waals surface area contributed by atoms with E-state index in [0.29, 0.717) is 0 Å². The number of nitriles is 6. The average Bonchev–Trinajstić information content (AvgIpc) is 2.23. The van der Waals surface area contributed by atoms with E-state index in [0.717, 1.165) is 0 Å². The quantitative estimate of drug-likeness (QED) is 0.363. The molecule has 102 valence electrons. The number of nitrogens with zero attached hydrogens (tertiary/aromatic N) is 6. The third-order valence-corrected chi connectivity index (χ3v) is 0. The minimum Gasteiger partial charge on any atom is -0.696 e. The predicted molar refractivity (Wildman–Crippen MR) is 77.9 cm³/mol. The van der Waals surface area contributed by atoms with E-state index < -0.39 is 0 Å². The van der Waals surface area contributed by atoms with Gasteiger partial charge >= 0.3 is 34.7 Å². The fraction of sp³-hybridized carbons (Fsp3) is 0. The van der Waals surface area contributed by atoms with Crippen molar-refractivity contribution in [2.75, 3.05) is 0 Å². The van der Waals surface area contributed by atoms with E-state index in [2.05, 4.69) is 75.8 Å². The summed E-state index contributed by atoms with van der Waals surface area (Å²) in [6, 6.07) is 0. The van der Waals surface area contributed by atoms with Crippen LogP contribution in [-0.4, -0.2) is 0 Å². The van der Waals surface area contributed by atoms with E-state index in [1.807, 2.05) is 0 Å². The number of hydrogen-bond acceptors (Lipinski definition) is 12. The summed E-state index contributed by atoms with van der Waals surface area (Å²) in [6.45, 7) is 0. The molecule has 0 amide bonds. The molecule has 0 aromatic rings. The van der Waals surface area contributed by atoms with Gasteiger partial charge in [0.25, 0.3) is 0 Å². The zero-order chi connectivity index (χ0) is 16.2. The third kappa shape index (κ3) is 10100. The normalized spacial score (nSPS) is 2.10. The standard InChI is InChI=1S/6CHNS.2Cr/c6*2-1-3;;/h6*3H;;/q;;;;;;2*+3/p-6.